The van der Waals surface area contributed by atoms with Crippen LogP contribution >= 0.6 is 7.82 Å². The van der Waals surface area contributed by atoms with Crippen LogP contribution in [0.15, 0.2) is 54.9 Å². The maximum Gasteiger partial charge on any atom is 0.469 e. The number of halogens is 1. The number of hydrogen-bond acceptors (Lipinski definition) is 7. The minimum Gasteiger partial charge on any atom is -0.485 e. The molecule has 0 spiro atoms. The Morgan fingerprint density at radius 2 is 1.97 bits per heavy atom. The average Bonchev–Trinajstić information content (AvgIpc) is 3.49. The number of aryl methyl sites for hydroxylation is 1. The monoisotopic (exact) mass is 536 g/mol. The van der Waals surface area contributed by atoms with Gasteiger partial charge in [-0.05, 0) is 43.0 Å². The summed E-state index contributed by atoms with van der Waals surface area (Å²) in [4.78, 5) is 22.4. The summed E-state index contributed by atoms with van der Waals surface area (Å²) < 4.78 is 43.3. The van der Waals surface area contributed by atoms with Crippen LogP contribution in [0, 0.1) is 5.82 Å². The number of imidazole rings is 1. The molecule has 1 aromatic heterocycles. The molecule has 1 saturated heterocycles. The van der Waals surface area contributed by atoms with Gasteiger partial charge in [-0.3, -0.25) is 4.52 Å². The molecule has 37 heavy (non-hydrogen) atoms. The van der Waals surface area contributed by atoms with Gasteiger partial charge in [0.1, 0.15) is 35.7 Å². The minimum atomic E-state index is -4.68. The summed E-state index contributed by atoms with van der Waals surface area (Å²) in [6.07, 6.45) is 1.99. The zero-order valence-corrected chi connectivity index (χ0v) is 21.1. The quantitative estimate of drug-likeness (QED) is 0.272. The minimum absolute atomic E-state index is 0.194. The van der Waals surface area contributed by atoms with Crippen LogP contribution in [0.25, 0.3) is 11.1 Å². The molecule has 0 aliphatic carbocycles. The molecule has 4 N–H and O–H groups in total. The number of phosphoric acid groups is 1. The third-order valence-corrected chi connectivity index (χ3v) is 6.65. The van der Waals surface area contributed by atoms with Crippen LogP contribution in [0.1, 0.15) is 36.9 Å². The van der Waals surface area contributed by atoms with Gasteiger partial charge in [0.05, 0.1) is 25.9 Å². The van der Waals surface area contributed by atoms with Crippen LogP contribution in [-0.2, 0) is 20.2 Å². The van der Waals surface area contributed by atoms with E-state index in [0.717, 1.165) is 5.56 Å². The second-order valence-corrected chi connectivity index (χ2v) is 10.2. The number of benzene rings is 2. The van der Waals surface area contributed by atoms with Crippen LogP contribution in [-0.4, -0.2) is 61.6 Å². The van der Waals surface area contributed by atoms with Gasteiger partial charge in [0.25, 0.3) is 0 Å². The Hall–Kier alpha value is -2.63. The van der Waals surface area contributed by atoms with E-state index in [1.54, 1.807) is 42.0 Å². The number of nitrogens with zero attached hydrogens (tertiary/aromatic N) is 2. The van der Waals surface area contributed by atoms with Gasteiger partial charge in [-0.1, -0.05) is 24.3 Å². The number of aliphatic hydroxyl groups is 2. The van der Waals surface area contributed by atoms with Crippen molar-refractivity contribution in [2.75, 3.05) is 19.8 Å². The van der Waals surface area contributed by atoms with Crippen molar-refractivity contribution >= 4 is 7.82 Å². The second-order valence-electron chi connectivity index (χ2n) is 8.95. The maximum absolute atomic E-state index is 14.8. The summed E-state index contributed by atoms with van der Waals surface area (Å²) in [5.41, 5.74) is 2.00. The second kappa shape index (κ2) is 11.8. The lowest BCUT2D eigenvalue weighted by molar-refractivity contribution is 0.0731. The Morgan fingerprint density at radius 3 is 2.59 bits per heavy atom. The molecule has 2 aromatic carbocycles. The predicted molar refractivity (Wildman–Crippen MR) is 131 cm³/mol. The number of rotatable bonds is 11. The van der Waals surface area contributed by atoms with Crippen molar-refractivity contribution in [3.05, 3.63) is 72.1 Å². The number of phosphoric ester groups is 1. The molecule has 1 aliphatic rings. The van der Waals surface area contributed by atoms with Gasteiger partial charge in [-0.2, -0.15) is 0 Å². The molecular formula is C25H30FN2O8P. The molecule has 0 radical (unpaired) electrons. The first-order valence-electron chi connectivity index (χ1n) is 11.8. The molecule has 4 rings (SSSR count). The largest absolute Gasteiger partial charge is 0.485 e. The van der Waals surface area contributed by atoms with Crippen molar-refractivity contribution in [1.82, 2.24) is 9.55 Å². The summed E-state index contributed by atoms with van der Waals surface area (Å²) in [6.45, 7) is 1.74. The molecule has 3 aromatic rings. The van der Waals surface area contributed by atoms with E-state index in [9.17, 15) is 19.2 Å². The fourth-order valence-corrected chi connectivity index (χ4v) is 4.61. The predicted octanol–water partition coefficient (Wildman–Crippen LogP) is 3.16. The molecular weight excluding hydrogens is 506 g/mol. The average molecular weight is 536 g/mol. The standard InChI is InChI=1S/C25H30FN2O8P/c1-16(29)25-27-10-11-28(25)19(13-35-37(31,32)33)7-4-17-2-5-18(6-3-17)21-9-8-20(12-22(21)26)36-24-15-34-14-23(24)30/h2-3,5-6,8-12,16,19,23-24,29-30H,4,7,13-15H2,1H3,(H2,31,32,33)/t16-,19-,23+,24+/m0/s1. The molecule has 2 heterocycles. The van der Waals surface area contributed by atoms with Crippen molar-refractivity contribution in [2.45, 2.75) is 44.1 Å². The molecule has 1 aliphatic heterocycles. The van der Waals surface area contributed by atoms with Gasteiger partial charge in [0.2, 0.25) is 0 Å². The zero-order valence-electron chi connectivity index (χ0n) is 20.2. The smallest absolute Gasteiger partial charge is 0.469 e. The normalized spacial score (nSPS) is 19.6. The number of aliphatic hydroxyl groups excluding tert-OH is 2. The van der Waals surface area contributed by atoms with Gasteiger partial charge in [-0.25, -0.2) is 13.9 Å². The van der Waals surface area contributed by atoms with Crippen molar-refractivity contribution in [3.63, 3.8) is 0 Å². The first-order valence-corrected chi connectivity index (χ1v) is 13.4. The first-order chi connectivity index (χ1) is 17.6. The lowest BCUT2D eigenvalue weighted by atomic mass is 10.00. The molecule has 4 atom stereocenters. The van der Waals surface area contributed by atoms with E-state index in [0.29, 0.717) is 35.5 Å². The van der Waals surface area contributed by atoms with Crippen LogP contribution in [0.3, 0.4) is 0 Å². The Balaban J connectivity index is 1.43. The Labute approximate surface area is 213 Å². The highest BCUT2D eigenvalue weighted by atomic mass is 31.2. The molecule has 0 amide bonds. The summed E-state index contributed by atoms with van der Waals surface area (Å²) in [5, 5.41) is 19.8. The fraction of sp³-hybridized carbons (Fsp3) is 0.400. The number of aromatic nitrogens is 2. The molecule has 1 fully saturated rings. The van der Waals surface area contributed by atoms with E-state index in [-0.39, 0.29) is 19.8 Å². The van der Waals surface area contributed by atoms with Gasteiger partial charge < -0.3 is 34.0 Å². The number of hydrogen-bond donors (Lipinski definition) is 4. The van der Waals surface area contributed by atoms with Gasteiger partial charge >= 0.3 is 7.82 Å². The van der Waals surface area contributed by atoms with Crippen LogP contribution in [0.5, 0.6) is 5.75 Å². The topological polar surface area (TPSA) is 144 Å². The molecule has 200 valence electrons. The zero-order chi connectivity index (χ0) is 26.6. The van der Waals surface area contributed by atoms with Crippen LogP contribution in [0.2, 0.25) is 0 Å². The van der Waals surface area contributed by atoms with E-state index in [1.165, 1.54) is 12.3 Å². The first kappa shape index (κ1) is 27.4. The van der Waals surface area contributed by atoms with Crippen molar-refractivity contribution in [1.29, 1.82) is 0 Å². The lowest BCUT2D eigenvalue weighted by Crippen LogP contribution is -2.29. The molecule has 0 unspecified atom stereocenters. The lowest BCUT2D eigenvalue weighted by Gasteiger charge is -2.22. The van der Waals surface area contributed by atoms with Gasteiger partial charge in [-0.15, -0.1) is 0 Å². The molecule has 0 bridgehead atoms. The summed E-state index contributed by atoms with van der Waals surface area (Å²) in [6, 6.07) is 11.4. The van der Waals surface area contributed by atoms with Gasteiger partial charge in [0.15, 0.2) is 0 Å². The molecule has 0 saturated carbocycles. The highest BCUT2D eigenvalue weighted by molar-refractivity contribution is 7.46. The SMILES string of the molecule is C[C@H](O)c1nccn1[C@@H](CCc1ccc(-c2ccc(O[C@@H]3COC[C@H]3O)cc2F)cc1)COP(=O)(O)O. The molecule has 12 heteroatoms. The molecule has 10 nitrogen and oxygen atoms in total. The van der Waals surface area contributed by atoms with Crippen molar-refractivity contribution < 1.29 is 43.0 Å². The van der Waals surface area contributed by atoms with E-state index in [4.69, 9.17) is 23.8 Å². The fourth-order valence-electron chi connectivity index (χ4n) is 4.24. The van der Waals surface area contributed by atoms with Crippen molar-refractivity contribution in [2.24, 2.45) is 0 Å². The van der Waals surface area contributed by atoms with Gasteiger partial charge in [0, 0.05) is 24.0 Å². The van der Waals surface area contributed by atoms with Crippen LogP contribution in [0.4, 0.5) is 4.39 Å². The van der Waals surface area contributed by atoms with E-state index >= 15 is 0 Å². The summed E-state index contributed by atoms with van der Waals surface area (Å²) in [7, 11) is -4.68. The highest BCUT2D eigenvalue weighted by Gasteiger charge is 2.28. The summed E-state index contributed by atoms with van der Waals surface area (Å²) in [5.74, 6) is 0.221. The number of ether oxygens (including phenoxy) is 2. The van der Waals surface area contributed by atoms with Crippen molar-refractivity contribution in [3.8, 4) is 16.9 Å². The Morgan fingerprint density at radius 1 is 1.22 bits per heavy atom. The van der Waals surface area contributed by atoms with Crippen LogP contribution < -0.4 is 4.74 Å². The van der Waals surface area contributed by atoms with E-state index in [1.807, 2.05) is 12.1 Å². The maximum atomic E-state index is 14.8. The Bertz CT molecular complexity index is 1230. The Kier molecular flexibility index (Phi) is 8.76. The third kappa shape index (κ3) is 7.24. The summed E-state index contributed by atoms with van der Waals surface area (Å²) >= 11 is 0. The third-order valence-electron chi connectivity index (χ3n) is 6.16. The highest BCUT2D eigenvalue weighted by Crippen LogP contribution is 2.38. The van der Waals surface area contributed by atoms with E-state index in [2.05, 4.69) is 4.98 Å². The van der Waals surface area contributed by atoms with E-state index < -0.39 is 38.0 Å².